The molecule has 0 spiro atoms. The molecule has 2 aromatic rings. The second-order valence-electron chi connectivity index (χ2n) is 7.16. The summed E-state index contributed by atoms with van der Waals surface area (Å²) in [6, 6.07) is 1.60. The summed E-state index contributed by atoms with van der Waals surface area (Å²) in [5.41, 5.74) is 1.20. The van der Waals surface area contributed by atoms with Crippen LogP contribution in [0, 0.1) is 0 Å². The first-order valence-electron chi connectivity index (χ1n) is 9.45. The van der Waals surface area contributed by atoms with Gasteiger partial charge in [0.05, 0.1) is 11.3 Å². The SMILES string of the molecule is C=N/C(=N\C(NC1CCCN(S(C)(=O)=O)CC1)=C(/C)F)c1c[nH]c2ncc(Cl)cc12. The van der Waals surface area contributed by atoms with Crippen molar-refractivity contribution in [3.8, 4) is 0 Å². The van der Waals surface area contributed by atoms with Crippen molar-refractivity contribution in [1.29, 1.82) is 0 Å². The maximum Gasteiger partial charge on any atom is 0.211 e. The average molecular weight is 455 g/mol. The minimum absolute atomic E-state index is 0.0412. The third-order valence-electron chi connectivity index (χ3n) is 4.93. The molecule has 3 heterocycles. The molecule has 0 bridgehead atoms. The van der Waals surface area contributed by atoms with Crippen LogP contribution in [-0.4, -0.2) is 60.6 Å². The van der Waals surface area contributed by atoms with Gasteiger partial charge in [-0.25, -0.2) is 32.1 Å². The van der Waals surface area contributed by atoms with E-state index in [0.717, 1.165) is 0 Å². The molecule has 1 fully saturated rings. The molecule has 0 amide bonds. The van der Waals surface area contributed by atoms with Crippen molar-refractivity contribution in [3.63, 3.8) is 0 Å². The van der Waals surface area contributed by atoms with Gasteiger partial charge in [-0.15, -0.1) is 0 Å². The van der Waals surface area contributed by atoms with E-state index in [0.29, 0.717) is 54.0 Å². The number of aromatic amines is 1. The third kappa shape index (κ3) is 5.24. The van der Waals surface area contributed by atoms with E-state index in [1.807, 2.05) is 0 Å². The first-order chi connectivity index (χ1) is 14.2. The topological polar surface area (TPSA) is 103 Å². The van der Waals surface area contributed by atoms with Crippen LogP contribution < -0.4 is 5.32 Å². The first-order valence-corrected chi connectivity index (χ1v) is 11.7. The van der Waals surface area contributed by atoms with Gasteiger partial charge < -0.3 is 10.3 Å². The number of hydrogen-bond acceptors (Lipinski definition) is 5. The molecule has 1 atom stereocenters. The summed E-state index contributed by atoms with van der Waals surface area (Å²) in [4.78, 5) is 15.5. The Labute approximate surface area is 180 Å². The third-order valence-corrected chi connectivity index (χ3v) is 6.44. The summed E-state index contributed by atoms with van der Waals surface area (Å²) in [5.74, 6) is -0.243. The van der Waals surface area contributed by atoms with Crippen molar-refractivity contribution in [2.45, 2.75) is 32.2 Å². The van der Waals surface area contributed by atoms with Crippen molar-refractivity contribution < 1.29 is 12.8 Å². The standard InChI is InChI=1S/C19H24ClFN6O2S/c1-12(21)17(25-14-5-4-7-27(8-6-14)30(3,28)29)26-18(22-2)16-11-24-19-15(16)9-13(20)10-23-19/h9-11,14,25H,2,4-8H2,1,3H3,(H,23,24)/b17-12+,26-18-. The van der Waals surface area contributed by atoms with Crippen LogP contribution in [0.4, 0.5) is 4.39 Å². The van der Waals surface area contributed by atoms with Crippen LogP contribution in [0.2, 0.25) is 5.02 Å². The Morgan fingerprint density at radius 1 is 1.43 bits per heavy atom. The molecule has 1 aliphatic rings. The highest BCUT2D eigenvalue weighted by atomic mass is 35.5. The number of nitrogens with one attached hydrogen (secondary N) is 2. The van der Waals surface area contributed by atoms with Crippen LogP contribution in [0.3, 0.4) is 0 Å². The zero-order valence-corrected chi connectivity index (χ0v) is 18.4. The second kappa shape index (κ2) is 9.23. The number of amidine groups is 1. The number of pyridine rings is 1. The zero-order valence-electron chi connectivity index (χ0n) is 16.8. The molecule has 1 saturated heterocycles. The molecule has 30 heavy (non-hydrogen) atoms. The Kier molecular flexibility index (Phi) is 6.89. The van der Waals surface area contributed by atoms with Crippen molar-refractivity contribution in [2.75, 3.05) is 19.3 Å². The summed E-state index contributed by atoms with van der Waals surface area (Å²) in [7, 11) is -3.25. The molecule has 1 unspecified atom stereocenters. The maximum atomic E-state index is 14.3. The second-order valence-corrected chi connectivity index (χ2v) is 9.58. The number of aromatic nitrogens is 2. The molecule has 8 nitrogen and oxygen atoms in total. The normalized spacial score (nSPS) is 20.0. The van der Waals surface area contributed by atoms with Crippen molar-refractivity contribution in [2.24, 2.45) is 9.98 Å². The predicted molar refractivity (Wildman–Crippen MR) is 118 cm³/mol. The minimum atomic E-state index is -3.25. The van der Waals surface area contributed by atoms with Crippen molar-refractivity contribution in [3.05, 3.63) is 40.7 Å². The molecule has 11 heteroatoms. The molecule has 0 radical (unpaired) electrons. The van der Waals surface area contributed by atoms with Crippen molar-refractivity contribution in [1.82, 2.24) is 19.6 Å². The largest absolute Gasteiger partial charge is 0.365 e. The van der Waals surface area contributed by atoms with Gasteiger partial charge in [0.15, 0.2) is 11.7 Å². The van der Waals surface area contributed by atoms with E-state index in [-0.39, 0.29) is 17.7 Å². The quantitative estimate of drug-likeness (QED) is 0.534. The van der Waals surface area contributed by atoms with Gasteiger partial charge in [-0.3, -0.25) is 0 Å². The number of H-pyrrole nitrogens is 1. The highest BCUT2D eigenvalue weighted by molar-refractivity contribution is 7.88. The molecule has 0 saturated carbocycles. The van der Waals surface area contributed by atoms with Crippen LogP contribution >= 0.6 is 11.6 Å². The van der Waals surface area contributed by atoms with Gasteiger partial charge in [-0.1, -0.05) is 11.6 Å². The summed E-state index contributed by atoms with van der Waals surface area (Å²) < 4.78 is 39.4. The van der Waals surface area contributed by atoms with E-state index in [4.69, 9.17) is 11.6 Å². The van der Waals surface area contributed by atoms with E-state index < -0.39 is 15.9 Å². The fourth-order valence-corrected chi connectivity index (χ4v) is 4.45. The van der Waals surface area contributed by atoms with E-state index in [1.165, 1.54) is 23.7 Å². The Balaban J connectivity index is 1.85. The highest BCUT2D eigenvalue weighted by Gasteiger charge is 2.23. The summed E-state index contributed by atoms with van der Waals surface area (Å²) in [6.45, 7) is 5.70. The summed E-state index contributed by atoms with van der Waals surface area (Å²) >= 11 is 6.05. The fraction of sp³-hybridized carbons (Fsp3) is 0.421. The van der Waals surface area contributed by atoms with E-state index in [9.17, 15) is 12.8 Å². The molecule has 2 aromatic heterocycles. The van der Waals surface area contributed by atoms with Crippen LogP contribution in [0.1, 0.15) is 31.7 Å². The fourth-order valence-electron chi connectivity index (χ4n) is 3.40. The number of nitrogens with zero attached hydrogens (tertiary/aromatic N) is 4. The van der Waals surface area contributed by atoms with Gasteiger partial charge in [0.1, 0.15) is 11.5 Å². The smallest absolute Gasteiger partial charge is 0.211 e. The Morgan fingerprint density at radius 2 is 2.20 bits per heavy atom. The zero-order chi connectivity index (χ0) is 21.9. The molecule has 0 aliphatic carbocycles. The number of halogens is 2. The number of fused-ring (bicyclic) bond motifs is 1. The van der Waals surface area contributed by atoms with Gasteiger partial charge in [-0.05, 0) is 39.0 Å². The summed E-state index contributed by atoms with van der Waals surface area (Å²) in [6.07, 6.45) is 6.30. The number of rotatable bonds is 5. The van der Waals surface area contributed by atoms with Gasteiger partial charge in [0.2, 0.25) is 10.0 Å². The molecule has 3 rings (SSSR count). The van der Waals surface area contributed by atoms with Gasteiger partial charge in [0.25, 0.3) is 0 Å². The average Bonchev–Trinajstić information content (AvgIpc) is 2.92. The lowest BCUT2D eigenvalue weighted by atomic mass is 10.1. The van der Waals surface area contributed by atoms with Gasteiger partial charge >= 0.3 is 0 Å². The lowest BCUT2D eigenvalue weighted by Gasteiger charge is -2.19. The van der Waals surface area contributed by atoms with Crippen LogP contribution in [0.25, 0.3) is 11.0 Å². The Bertz CT molecular complexity index is 1110. The van der Waals surface area contributed by atoms with Crippen molar-refractivity contribution >= 4 is 45.2 Å². The molecule has 2 N–H and O–H groups in total. The van der Waals surface area contributed by atoms with Gasteiger partial charge in [-0.2, -0.15) is 0 Å². The Hall–Kier alpha value is -2.30. The maximum absolute atomic E-state index is 14.3. The van der Waals surface area contributed by atoms with Crippen LogP contribution in [0.5, 0.6) is 0 Å². The monoisotopic (exact) mass is 454 g/mol. The number of allylic oxidation sites excluding steroid dienone is 1. The lowest BCUT2D eigenvalue weighted by Crippen LogP contribution is -2.33. The number of sulfonamides is 1. The van der Waals surface area contributed by atoms with Crippen LogP contribution in [-0.2, 0) is 10.0 Å². The molecular weight excluding hydrogens is 431 g/mol. The van der Waals surface area contributed by atoms with E-state index in [2.05, 4.69) is 32.0 Å². The molecule has 0 aromatic carbocycles. The van der Waals surface area contributed by atoms with E-state index >= 15 is 0 Å². The predicted octanol–water partition coefficient (Wildman–Crippen LogP) is 3.23. The lowest BCUT2D eigenvalue weighted by molar-refractivity contribution is 0.420. The Morgan fingerprint density at radius 3 is 2.87 bits per heavy atom. The first kappa shape index (κ1) is 22.4. The summed E-state index contributed by atoms with van der Waals surface area (Å²) in [5, 5.41) is 4.26. The number of aliphatic imine (C=N–C) groups is 2. The minimum Gasteiger partial charge on any atom is -0.365 e. The molecular formula is C19H24ClFN6O2S. The highest BCUT2D eigenvalue weighted by Crippen LogP contribution is 2.23. The van der Waals surface area contributed by atoms with E-state index in [1.54, 1.807) is 12.3 Å². The van der Waals surface area contributed by atoms with Gasteiger partial charge in [0, 0.05) is 42.5 Å². The van der Waals surface area contributed by atoms with Crippen LogP contribution in [0.15, 0.2) is 40.1 Å². The molecule has 162 valence electrons. The molecule has 1 aliphatic heterocycles. The number of hydrogen-bond donors (Lipinski definition) is 2.